The van der Waals surface area contributed by atoms with Crippen LogP contribution in [0.5, 0.6) is 0 Å². The Morgan fingerprint density at radius 1 is 1.16 bits per heavy atom. The minimum Gasteiger partial charge on any atom is -0.396 e. The van der Waals surface area contributed by atoms with Gasteiger partial charge in [0.25, 0.3) is 0 Å². The molecule has 0 saturated carbocycles. The second-order valence-electron chi connectivity index (χ2n) is 4.97. The van der Waals surface area contributed by atoms with Crippen LogP contribution in [0, 0.1) is 0 Å². The van der Waals surface area contributed by atoms with Crippen molar-refractivity contribution >= 4 is 10.0 Å². The molecule has 19 heavy (non-hydrogen) atoms. The van der Waals surface area contributed by atoms with E-state index < -0.39 is 10.0 Å². The Labute approximate surface area is 115 Å². The fraction of sp³-hybridized carbons (Fsp3) is 0.571. The molecule has 0 fully saturated rings. The third-order valence-corrected chi connectivity index (χ3v) is 4.37. The van der Waals surface area contributed by atoms with Crippen molar-refractivity contribution in [1.82, 2.24) is 4.72 Å². The van der Waals surface area contributed by atoms with E-state index in [-0.39, 0.29) is 12.4 Å². The summed E-state index contributed by atoms with van der Waals surface area (Å²) in [5.41, 5.74) is 2.20. The number of hydrogen-bond donors (Lipinski definition) is 2. The van der Waals surface area contributed by atoms with E-state index in [0.29, 0.717) is 25.3 Å². The maximum absolute atomic E-state index is 11.7. The molecule has 0 spiro atoms. The molecular formula is C14H23NO3S. The molecule has 0 aliphatic heterocycles. The zero-order chi connectivity index (χ0) is 14.3. The van der Waals surface area contributed by atoms with E-state index in [1.165, 1.54) is 5.56 Å². The van der Waals surface area contributed by atoms with E-state index in [9.17, 15) is 8.42 Å². The Kier molecular flexibility index (Phi) is 6.48. The van der Waals surface area contributed by atoms with E-state index in [0.717, 1.165) is 5.56 Å². The molecule has 0 unspecified atom stereocenters. The largest absolute Gasteiger partial charge is 0.396 e. The standard InChI is InChI=1S/C14H23NO3S/c1-12(2)14-7-5-13(6-8-14)11-15-19(17,18)10-4-3-9-16/h5-8,12,15-16H,3-4,9-11H2,1-2H3. The summed E-state index contributed by atoms with van der Waals surface area (Å²) >= 11 is 0. The Balaban J connectivity index is 2.47. The summed E-state index contributed by atoms with van der Waals surface area (Å²) in [7, 11) is -3.24. The highest BCUT2D eigenvalue weighted by Gasteiger charge is 2.09. The summed E-state index contributed by atoms with van der Waals surface area (Å²) in [5, 5.41) is 8.63. The third kappa shape index (κ3) is 6.18. The molecule has 1 rings (SSSR count). The fourth-order valence-electron chi connectivity index (χ4n) is 1.69. The van der Waals surface area contributed by atoms with Gasteiger partial charge in [-0.1, -0.05) is 38.1 Å². The molecule has 0 bridgehead atoms. The van der Waals surface area contributed by atoms with Gasteiger partial charge in [0.05, 0.1) is 5.75 Å². The number of unbranched alkanes of at least 4 members (excludes halogenated alkanes) is 1. The van der Waals surface area contributed by atoms with Crippen molar-refractivity contribution < 1.29 is 13.5 Å². The van der Waals surface area contributed by atoms with Crippen LogP contribution in [0.15, 0.2) is 24.3 Å². The minimum atomic E-state index is -3.24. The molecular weight excluding hydrogens is 262 g/mol. The lowest BCUT2D eigenvalue weighted by molar-refractivity contribution is 0.287. The first kappa shape index (κ1) is 16.1. The maximum Gasteiger partial charge on any atom is 0.211 e. The lowest BCUT2D eigenvalue weighted by Crippen LogP contribution is -2.26. The second kappa shape index (κ2) is 7.62. The summed E-state index contributed by atoms with van der Waals surface area (Å²) in [4.78, 5) is 0. The predicted octanol–water partition coefficient (Wildman–Crippen LogP) is 2.00. The first-order valence-electron chi connectivity index (χ1n) is 6.61. The van der Waals surface area contributed by atoms with E-state index >= 15 is 0 Å². The number of benzene rings is 1. The Morgan fingerprint density at radius 3 is 2.32 bits per heavy atom. The van der Waals surface area contributed by atoms with Gasteiger partial charge < -0.3 is 5.11 Å². The molecule has 0 saturated heterocycles. The van der Waals surface area contributed by atoms with Crippen molar-refractivity contribution in [2.24, 2.45) is 0 Å². The van der Waals surface area contributed by atoms with E-state index in [4.69, 9.17) is 5.11 Å². The SMILES string of the molecule is CC(C)c1ccc(CNS(=O)(=O)CCCCO)cc1. The van der Waals surface area contributed by atoms with Crippen LogP contribution in [-0.4, -0.2) is 25.9 Å². The number of nitrogens with one attached hydrogen (secondary N) is 1. The van der Waals surface area contributed by atoms with Crippen LogP contribution in [0.3, 0.4) is 0 Å². The first-order chi connectivity index (χ1) is 8.94. The zero-order valence-electron chi connectivity index (χ0n) is 11.6. The van der Waals surface area contributed by atoms with Crippen molar-refractivity contribution in [3.05, 3.63) is 35.4 Å². The molecule has 0 radical (unpaired) electrons. The molecule has 0 heterocycles. The van der Waals surface area contributed by atoms with Crippen molar-refractivity contribution in [3.63, 3.8) is 0 Å². The molecule has 0 aromatic heterocycles. The van der Waals surface area contributed by atoms with Crippen LogP contribution in [0.1, 0.15) is 43.7 Å². The molecule has 0 aliphatic carbocycles. The fourth-order valence-corrected chi connectivity index (χ4v) is 2.80. The van der Waals surface area contributed by atoms with Crippen LogP contribution in [0.25, 0.3) is 0 Å². The Bertz CT molecular complexity index is 466. The first-order valence-corrected chi connectivity index (χ1v) is 8.27. The van der Waals surface area contributed by atoms with Gasteiger partial charge in [-0.25, -0.2) is 13.1 Å². The molecule has 108 valence electrons. The van der Waals surface area contributed by atoms with Gasteiger partial charge >= 0.3 is 0 Å². The smallest absolute Gasteiger partial charge is 0.211 e. The second-order valence-corrected chi connectivity index (χ2v) is 6.89. The molecule has 5 heteroatoms. The van der Waals surface area contributed by atoms with E-state index in [1.54, 1.807) is 0 Å². The minimum absolute atomic E-state index is 0.0339. The Morgan fingerprint density at radius 2 is 1.79 bits per heavy atom. The molecule has 0 amide bonds. The van der Waals surface area contributed by atoms with Crippen LogP contribution < -0.4 is 4.72 Å². The quantitative estimate of drug-likeness (QED) is 0.718. The summed E-state index contributed by atoms with van der Waals surface area (Å²) in [6.07, 6.45) is 1.00. The average molecular weight is 285 g/mol. The monoisotopic (exact) mass is 285 g/mol. The summed E-state index contributed by atoms with van der Waals surface area (Å²) in [6, 6.07) is 7.96. The third-order valence-electron chi connectivity index (χ3n) is 2.96. The van der Waals surface area contributed by atoms with Crippen molar-refractivity contribution in [1.29, 1.82) is 0 Å². The Hall–Kier alpha value is -0.910. The number of rotatable bonds is 8. The van der Waals surface area contributed by atoms with Crippen LogP contribution >= 0.6 is 0 Å². The highest BCUT2D eigenvalue weighted by molar-refractivity contribution is 7.89. The molecule has 2 N–H and O–H groups in total. The molecule has 0 aliphatic rings. The van der Waals surface area contributed by atoms with Gasteiger partial charge in [-0.05, 0) is 29.9 Å². The van der Waals surface area contributed by atoms with Crippen molar-refractivity contribution in [2.75, 3.05) is 12.4 Å². The number of hydrogen-bond acceptors (Lipinski definition) is 3. The summed E-state index contributed by atoms with van der Waals surface area (Å²) < 4.78 is 25.9. The van der Waals surface area contributed by atoms with Crippen LogP contribution in [-0.2, 0) is 16.6 Å². The molecule has 1 aromatic carbocycles. The van der Waals surface area contributed by atoms with Crippen molar-refractivity contribution in [2.45, 2.75) is 39.2 Å². The van der Waals surface area contributed by atoms with Gasteiger partial charge in [-0.3, -0.25) is 0 Å². The van der Waals surface area contributed by atoms with Crippen molar-refractivity contribution in [3.8, 4) is 0 Å². The van der Waals surface area contributed by atoms with Gasteiger partial charge in [0.1, 0.15) is 0 Å². The summed E-state index contributed by atoms with van der Waals surface area (Å²) in [5.74, 6) is 0.543. The highest BCUT2D eigenvalue weighted by atomic mass is 32.2. The van der Waals surface area contributed by atoms with E-state index in [1.807, 2.05) is 24.3 Å². The van der Waals surface area contributed by atoms with Gasteiger partial charge in [-0.2, -0.15) is 0 Å². The number of sulfonamides is 1. The van der Waals surface area contributed by atoms with E-state index in [2.05, 4.69) is 18.6 Å². The predicted molar refractivity (Wildman–Crippen MR) is 77.5 cm³/mol. The van der Waals surface area contributed by atoms with Gasteiger partial charge in [0.15, 0.2) is 0 Å². The number of aliphatic hydroxyl groups is 1. The highest BCUT2D eigenvalue weighted by Crippen LogP contribution is 2.14. The number of aliphatic hydroxyl groups excluding tert-OH is 1. The normalized spacial score (nSPS) is 12.0. The van der Waals surface area contributed by atoms with Gasteiger partial charge in [-0.15, -0.1) is 0 Å². The van der Waals surface area contributed by atoms with Crippen LogP contribution in [0.2, 0.25) is 0 Å². The van der Waals surface area contributed by atoms with Gasteiger partial charge in [0, 0.05) is 13.2 Å². The lowest BCUT2D eigenvalue weighted by Gasteiger charge is -2.08. The van der Waals surface area contributed by atoms with Crippen LogP contribution in [0.4, 0.5) is 0 Å². The zero-order valence-corrected chi connectivity index (χ0v) is 12.4. The molecule has 4 nitrogen and oxygen atoms in total. The maximum atomic E-state index is 11.7. The molecule has 0 atom stereocenters. The summed E-state index contributed by atoms with van der Waals surface area (Å²) in [6.45, 7) is 4.60. The topological polar surface area (TPSA) is 66.4 Å². The van der Waals surface area contributed by atoms with Gasteiger partial charge in [0.2, 0.25) is 10.0 Å². The average Bonchev–Trinajstić information content (AvgIpc) is 2.37. The lowest BCUT2D eigenvalue weighted by atomic mass is 10.0. The molecule has 1 aromatic rings.